The van der Waals surface area contributed by atoms with E-state index in [-0.39, 0.29) is 33.3 Å². The lowest BCUT2D eigenvalue weighted by atomic mass is 9.90. The third kappa shape index (κ3) is 3.00. The van der Waals surface area contributed by atoms with Gasteiger partial charge in [0.25, 0.3) is 0 Å². The molecule has 0 radical (unpaired) electrons. The van der Waals surface area contributed by atoms with Gasteiger partial charge >= 0.3 is 6.18 Å². The first-order valence-electron chi connectivity index (χ1n) is 7.02. The van der Waals surface area contributed by atoms with Crippen LogP contribution in [-0.4, -0.2) is 24.9 Å². The van der Waals surface area contributed by atoms with Crippen molar-refractivity contribution in [2.45, 2.75) is 12.6 Å². The summed E-state index contributed by atoms with van der Waals surface area (Å²) in [6.45, 7) is -0.575. The highest BCUT2D eigenvalue weighted by Crippen LogP contribution is 2.42. The predicted octanol–water partition coefficient (Wildman–Crippen LogP) is 4.66. The molecule has 1 aromatic carbocycles. The zero-order chi connectivity index (χ0) is 17.5. The van der Waals surface area contributed by atoms with Crippen LogP contribution in [0.1, 0.15) is 5.56 Å². The first-order chi connectivity index (χ1) is 11.3. The number of pyridine rings is 1. The molecule has 3 rings (SSSR count). The molecule has 1 aliphatic heterocycles. The Morgan fingerprint density at radius 1 is 1.33 bits per heavy atom. The molecule has 2 heterocycles. The van der Waals surface area contributed by atoms with Crippen molar-refractivity contribution in [1.82, 2.24) is 4.98 Å². The van der Waals surface area contributed by atoms with E-state index in [4.69, 9.17) is 21.1 Å². The average molecular weight is 362 g/mol. The summed E-state index contributed by atoms with van der Waals surface area (Å²) in [6.07, 6.45) is -3.65. The smallest absolute Gasteiger partial charge is 0.395 e. The molecule has 0 fully saturated rings. The fourth-order valence-corrected chi connectivity index (χ4v) is 2.78. The lowest BCUT2D eigenvalue weighted by Gasteiger charge is -2.26. The van der Waals surface area contributed by atoms with Gasteiger partial charge in [-0.3, -0.25) is 0 Å². The van der Waals surface area contributed by atoms with Crippen LogP contribution in [0.4, 0.5) is 17.6 Å². The number of aromatic nitrogens is 1. The Morgan fingerprint density at radius 2 is 2.08 bits per heavy atom. The second-order valence-electron chi connectivity index (χ2n) is 5.37. The second kappa shape index (κ2) is 6.12. The molecular weight excluding hydrogens is 350 g/mol. The van der Waals surface area contributed by atoms with Gasteiger partial charge in [-0.05, 0) is 18.1 Å². The molecule has 3 nitrogen and oxygen atoms in total. The van der Waals surface area contributed by atoms with Crippen LogP contribution in [0.25, 0.3) is 11.1 Å². The molecule has 8 heteroatoms. The fourth-order valence-electron chi connectivity index (χ4n) is 2.62. The molecule has 0 saturated carbocycles. The van der Waals surface area contributed by atoms with Gasteiger partial charge in [-0.1, -0.05) is 17.7 Å². The van der Waals surface area contributed by atoms with Crippen LogP contribution in [0.3, 0.4) is 0 Å². The van der Waals surface area contributed by atoms with Crippen LogP contribution in [0.15, 0.2) is 24.4 Å². The maximum Gasteiger partial charge on any atom is 0.395 e. The lowest BCUT2D eigenvalue weighted by Crippen LogP contribution is -2.32. The van der Waals surface area contributed by atoms with Crippen molar-refractivity contribution in [3.05, 3.63) is 40.8 Å². The quantitative estimate of drug-likeness (QED) is 0.692. The molecule has 0 N–H and O–H groups in total. The Kier molecular flexibility index (Phi) is 4.29. The topological polar surface area (TPSA) is 31.4 Å². The lowest BCUT2D eigenvalue weighted by molar-refractivity contribution is -0.181. The minimum atomic E-state index is -4.47. The first-order valence-corrected chi connectivity index (χ1v) is 7.40. The Morgan fingerprint density at radius 3 is 2.75 bits per heavy atom. The van der Waals surface area contributed by atoms with Crippen molar-refractivity contribution in [3.63, 3.8) is 0 Å². The largest absolute Gasteiger partial charge is 0.491 e. The third-order valence-corrected chi connectivity index (χ3v) is 4.16. The molecule has 0 spiro atoms. The molecule has 0 aliphatic carbocycles. The summed E-state index contributed by atoms with van der Waals surface area (Å²) in [5, 5.41) is -0.181. The van der Waals surface area contributed by atoms with E-state index in [2.05, 4.69) is 4.98 Å². The summed E-state index contributed by atoms with van der Waals surface area (Å²) in [7, 11) is 1.38. The van der Waals surface area contributed by atoms with E-state index in [0.29, 0.717) is 0 Å². The first kappa shape index (κ1) is 16.8. The van der Waals surface area contributed by atoms with Gasteiger partial charge in [-0.15, -0.1) is 0 Å². The number of rotatable bonds is 1. The van der Waals surface area contributed by atoms with Gasteiger partial charge in [0, 0.05) is 17.2 Å². The highest BCUT2D eigenvalue weighted by atomic mass is 35.5. The Bertz CT molecular complexity index is 779. The summed E-state index contributed by atoms with van der Waals surface area (Å²) in [6, 6.07) is 4.08. The molecule has 1 unspecified atom stereocenters. The van der Waals surface area contributed by atoms with Crippen molar-refractivity contribution >= 4 is 11.6 Å². The molecule has 2 aromatic rings. The zero-order valence-corrected chi connectivity index (χ0v) is 13.2. The summed E-state index contributed by atoms with van der Waals surface area (Å²) >= 11 is 5.82. The van der Waals surface area contributed by atoms with Gasteiger partial charge in [-0.2, -0.15) is 13.2 Å². The van der Waals surface area contributed by atoms with Crippen LogP contribution in [-0.2, 0) is 6.42 Å². The molecule has 24 heavy (non-hydrogen) atoms. The van der Waals surface area contributed by atoms with Crippen LogP contribution >= 0.6 is 11.6 Å². The third-order valence-electron chi connectivity index (χ3n) is 3.87. The van der Waals surface area contributed by atoms with Crippen LogP contribution in [0.2, 0.25) is 5.02 Å². The molecule has 0 amide bonds. The molecular formula is C16H12ClF4NO2. The van der Waals surface area contributed by atoms with Crippen molar-refractivity contribution in [2.24, 2.45) is 5.92 Å². The van der Waals surface area contributed by atoms with E-state index >= 15 is 0 Å². The van der Waals surface area contributed by atoms with E-state index in [1.54, 1.807) is 0 Å². The molecule has 0 saturated heterocycles. The van der Waals surface area contributed by atoms with E-state index in [0.717, 1.165) is 0 Å². The van der Waals surface area contributed by atoms with Crippen molar-refractivity contribution < 1.29 is 27.0 Å². The molecule has 128 valence electrons. The number of hydrogen-bond acceptors (Lipinski definition) is 3. The SMILES string of the molecule is COc1cc2c(cn1)OCC(C(F)(F)F)Cc1ccc(Cl)c(F)c1-2. The predicted molar refractivity (Wildman–Crippen MR) is 79.9 cm³/mol. The number of benzene rings is 1. The molecule has 1 aromatic heterocycles. The summed E-state index contributed by atoms with van der Waals surface area (Å²) in [4.78, 5) is 3.91. The minimum Gasteiger partial charge on any atom is -0.491 e. The standard InChI is InChI=1S/C16H12ClF4NO2/c1-23-13-5-10-12(6-22-13)24-7-9(16(19,20)21)4-8-2-3-11(17)15(18)14(8)10/h2-3,5-6,9H,4,7H2,1H3. The Hall–Kier alpha value is -2.02. The van der Waals surface area contributed by atoms with Crippen molar-refractivity contribution in [3.8, 4) is 22.8 Å². The van der Waals surface area contributed by atoms with Crippen LogP contribution < -0.4 is 9.47 Å². The Labute approximate surface area is 140 Å². The molecule has 0 bridgehead atoms. The number of nitrogens with zero attached hydrogens (tertiary/aromatic N) is 1. The monoisotopic (exact) mass is 361 g/mol. The number of methoxy groups -OCH3 is 1. The number of fused-ring (bicyclic) bond motifs is 3. The van der Waals surface area contributed by atoms with Gasteiger partial charge in [0.15, 0.2) is 0 Å². The van der Waals surface area contributed by atoms with E-state index < -0.39 is 30.9 Å². The van der Waals surface area contributed by atoms with E-state index in [1.165, 1.54) is 31.5 Å². The van der Waals surface area contributed by atoms with Gasteiger partial charge in [0.1, 0.15) is 18.2 Å². The Balaban J connectivity index is 2.23. The van der Waals surface area contributed by atoms with Gasteiger partial charge in [0.2, 0.25) is 5.88 Å². The molecule has 1 atom stereocenters. The second-order valence-corrected chi connectivity index (χ2v) is 5.78. The maximum atomic E-state index is 14.6. The van der Waals surface area contributed by atoms with Crippen LogP contribution in [0, 0.1) is 11.7 Å². The number of halogens is 5. The zero-order valence-electron chi connectivity index (χ0n) is 12.5. The van der Waals surface area contributed by atoms with Gasteiger partial charge < -0.3 is 9.47 Å². The van der Waals surface area contributed by atoms with Crippen molar-refractivity contribution in [2.75, 3.05) is 13.7 Å². The summed E-state index contributed by atoms with van der Waals surface area (Å²) < 4.78 is 64.4. The average Bonchev–Trinajstić information content (AvgIpc) is 2.51. The summed E-state index contributed by atoms with van der Waals surface area (Å²) in [5.74, 6) is -2.31. The normalized spacial score (nSPS) is 17.2. The number of hydrogen-bond donors (Lipinski definition) is 0. The van der Waals surface area contributed by atoms with Crippen molar-refractivity contribution in [1.29, 1.82) is 0 Å². The minimum absolute atomic E-state index is 0.0212. The van der Waals surface area contributed by atoms with E-state index in [9.17, 15) is 17.6 Å². The van der Waals surface area contributed by atoms with Gasteiger partial charge in [-0.25, -0.2) is 9.37 Å². The van der Waals surface area contributed by atoms with Crippen LogP contribution in [0.5, 0.6) is 11.6 Å². The molecule has 1 aliphatic rings. The summed E-state index contributed by atoms with van der Waals surface area (Å²) in [5.41, 5.74) is 0.446. The highest BCUT2D eigenvalue weighted by Gasteiger charge is 2.42. The number of alkyl halides is 3. The van der Waals surface area contributed by atoms with Gasteiger partial charge in [0.05, 0.1) is 24.2 Å². The highest BCUT2D eigenvalue weighted by molar-refractivity contribution is 6.31. The number of ether oxygens (including phenoxy) is 2. The van der Waals surface area contributed by atoms with E-state index in [1.807, 2.05) is 0 Å². The fraction of sp³-hybridized carbons (Fsp3) is 0.312. The maximum absolute atomic E-state index is 14.6.